The van der Waals surface area contributed by atoms with Crippen molar-refractivity contribution in [2.75, 3.05) is 6.61 Å². The minimum atomic E-state index is -0.691. The van der Waals surface area contributed by atoms with Gasteiger partial charge in [0.25, 0.3) is 0 Å². The maximum Gasteiger partial charge on any atom is 0.185 e. The molecule has 0 unspecified atom stereocenters. The molecule has 2 fully saturated rings. The Balaban J connectivity index is 1.52. The lowest BCUT2D eigenvalue weighted by Gasteiger charge is -2.44. The van der Waals surface area contributed by atoms with Crippen molar-refractivity contribution in [3.8, 4) is 0 Å². The van der Waals surface area contributed by atoms with Crippen molar-refractivity contribution in [3.05, 3.63) is 71.8 Å². The Hall–Kier alpha value is -2.05. The Morgan fingerprint density at radius 2 is 1.42 bits per heavy atom. The predicted octanol–water partition coefficient (Wildman–Crippen LogP) is 2.78. The van der Waals surface area contributed by atoms with E-state index in [1.807, 2.05) is 60.7 Å². The number of carbonyl (C=O) groups excluding carboxylic acids is 1. The van der Waals surface area contributed by atoms with Crippen molar-refractivity contribution in [3.63, 3.8) is 0 Å². The van der Waals surface area contributed by atoms with Crippen LogP contribution in [0.5, 0.6) is 0 Å². The van der Waals surface area contributed by atoms with Crippen LogP contribution in [-0.4, -0.2) is 31.2 Å². The second kappa shape index (κ2) is 6.83. The molecule has 2 aliphatic rings. The Morgan fingerprint density at radius 3 is 2.04 bits per heavy atom. The molecule has 0 amide bonds. The lowest BCUT2D eigenvalue weighted by Crippen LogP contribution is -2.54. The standard InChI is InChI=1S/C19H18O5/c20-11-15-17-16(23-19(22-15)14-9-5-2-6-10-14)12-21-18(24-17)13-7-3-1-4-8-13/h1-11,15-19H,12H2/t15-,16+,17-,18-,19-/m0/s1. The van der Waals surface area contributed by atoms with Gasteiger partial charge in [-0.15, -0.1) is 0 Å². The number of hydrogen-bond donors (Lipinski definition) is 0. The van der Waals surface area contributed by atoms with Crippen LogP contribution in [0.15, 0.2) is 60.7 Å². The van der Waals surface area contributed by atoms with Crippen LogP contribution in [0.3, 0.4) is 0 Å². The van der Waals surface area contributed by atoms with Gasteiger partial charge in [0.05, 0.1) is 6.61 Å². The Bertz CT molecular complexity index is 675. The van der Waals surface area contributed by atoms with E-state index in [0.29, 0.717) is 6.61 Å². The van der Waals surface area contributed by atoms with E-state index in [1.54, 1.807) is 0 Å². The third kappa shape index (κ3) is 2.99. The Kier molecular flexibility index (Phi) is 4.40. The molecular weight excluding hydrogens is 308 g/mol. The maximum atomic E-state index is 11.5. The van der Waals surface area contributed by atoms with Gasteiger partial charge in [0.2, 0.25) is 0 Å². The van der Waals surface area contributed by atoms with Gasteiger partial charge < -0.3 is 23.7 Å². The molecule has 2 heterocycles. The fourth-order valence-electron chi connectivity index (χ4n) is 3.03. The molecule has 2 aliphatic heterocycles. The first-order valence-corrected chi connectivity index (χ1v) is 7.98. The van der Waals surface area contributed by atoms with E-state index in [9.17, 15) is 4.79 Å². The molecule has 2 aromatic rings. The molecule has 0 saturated carbocycles. The van der Waals surface area contributed by atoms with Crippen molar-refractivity contribution >= 4 is 6.29 Å². The minimum absolute atomic E-state index is 0.348. The number of aldehydes is 1. The third-order valence-corrected chi connectivity index (χ3v) is 4.24. The van der Waals surface area contributed by atoms with E-state index in [1.165, 1.54) is 0 Å². The topological polar surface area (TPSA) is 54.0 Å². The van der Waals surface area contributed by atoms with Crippen LogP contribution in [0.25, 0.3) is 0 Å². The lowest BCUT2D eigenvalue weighted by atomic mass is 10.0. The summed E-state index contributed by atoms with van der Waals surface area (Å²) in [6.45, 7) is 0.348. The molecule has 0 aliphatic carbocycles. The molecule has 0 spiro atoms. The molecule has 4 rings (SSSR count). The summed E-state index contributed by atoms with van der Waals surface area (Å²) in [7, 11) is 0. The maximum absolute atomic E-state index is 11.5. The van der Waals surface area contributed by atoms with Crippen molar-refractivity contribution in [2.24, 2.45) is 0 Å². The lowest BCUT2D eigenvalue weighted by molar-refractivity contribution is -0.355. The number of rotatable bonds is 3. The Labute approximate surface area is 140 Å². The van der Waals surface area contributed by atoms with Crippen LogP contribution in [0, 0.1) is 0 Å². The average Bonchev–Trinajstić information content (AvgIpc) is 2.68. The number of benzene rings is 2. The summed E-state index contributed by atoms with van der Waals surface area (Å²) in [6, 6.07) is 19.2. The fourth-order valence-corrected chi connectivity index (χ4v) is 3.03. The molecule has 0 N–H and O–H groups in total. The van der Waals surface area contributed by atoms with Crippen LogP contribution in [-0.2, 0) is 23.7 Å². The second-order valence-electron chi connectivity index (χ2n) is 5.83. The summed E-state index contributed by atoms with van der Waals surface area (Å²) < 4.78 is 23.5. The summed E-state index contributed by atoms with van der Waals surface area (Å²) in [5.74, 6) is 0. The number of carbonyl (C=O) groups is 1. The fraction of sp³-hybridized carbons (Fsp3) is 0.316. The van der Waals surface area contributed by atoms with Gasteiger partial charge in [0, 0.05) is 11.1 Å². The molecule has 0 radical (unpaired) electrons. The van der Waals surface area contributed by atoms with Crippen LogP contribution in [0.2, 0.25) is 0 Å². The van der Waals surface area contributed by atoms with E-state index >= 15 is 0 Å². The van der Waals surface area contributed by atoms with Crippen LogP contribution in [0.4, 0.5) is 0 Å². The van der Waals surface area contributed by atoms with Crippen molar-refractivity contribution in [2.45, 2.75) is 30.9 Å². The summed E-state index contributed by atoms with van der Waals surface area (Å²) in [6.07, 6.45) is -1.85. The van der Waals surface area contributed by atoms with Gasteiger partial charge in [0.15, 0.2) is 18.9 Å². The molecule has 0 aromatic heterocycles. The van der Waals surface area contributed by atoms with E-state index in [0.717, 1.165) is 17.4 Å². The summed E-state index contributed by atoms with van der Waals surface area (Å²) >= 11 is 0. The molecule has 5 atom stereocenters. The first-order chi connectivity index (χ1) is 11.8. The smallest absolute Gasteiger partial charge is 0.185 e. The van der Waals surface area contributed by atoms with Crippen molar-refractivity contribution in [1.29, 1.82) is 0 Å². The van der Waals surface area contributed by atoms with E-state index in [4.69, 9.17) is 18.9 Å². The molecular formula is C19H18O5. The molecule has 5 heteroatoms. The normalized spacial score (nSPS) is 32.8. The minimum Gasteiger partial charge on any atom is -0.346 e. The first-order valence-electron chi connectivity index (χ1n) is 7.98. The first kappa shape index (κ1) is 15.5. The van der Waals surface area contributed by atoms with Crippen molar-refractivity contribution in [1.82, 2.24) is 0 Å². The zero-order chi connectivity index (χ0) is 16.4. The molecule has 24 heavy (non-hydrogen) atoms. The molecule has 2 saturated heterocycles. The van der Waals surface area contributed by atoms with Crippen molar-refractivity contribution < 1.29 is 23.7 Å². The van der Waals surface area contributed by atoms with E-state index < -0.39 is 24.8 Å². The summed E-state index contributed by atoms with van der Waals surface area (Å²) in [5.41, 5.74) is 1.78. The van der Waals surface area contributed by atoms with Gasteiger partial charge in [-0.2, -0.15) is 0 Å². The Morgan fingerprint density at radius 1 is 0.792 bits per heavy atom. The van der Waals surface area contributed by atoms with Gasteiger partial charge >= 0.3 is 0 Å². The van der Waals surface area contributed by atoms with Crippen LogP contribution in [0.1, 0.15) is 23.7 Å². The quantitative estimate of drug-likeness (QED) is 0.812. The summed E-state index contributed by atoms with van der Waals surface area (Å²) in [5, 5.41) is 0. The highest BCUT2D eigenvalue weighted by Gasteiger charge is 2.45. The largest absolute Gasteiger partial charge is 0.346 e. The van der Waals surface area contributed by atoms with Crippen LogP contribution >= 0.6 is 0 Å². The number of hydrogen-bond acceptors (Lipinski definition) is 5. The molecule has 124 valence electrons. The van der Waals surface area contributed by atoms with Gasteiger partial charge in [-0.05, 0) is 0 Å². The predicted molar refractivity (Wildman–Crippen MR) is 85.0 cm³/mol. The van der Waals surface area contributed by atoms with Gasteiger partial charge in [-0.1, -0.05) is 60.7 Å². The van der Waals surface area contributed by atoms with Crippen LogP contribution < -0.4 is 0 Å². The third-order valence-electron chi connectivity index (χ3n) is 4.24. The average molecular weight is 326 g/mol. The molecule has 5 nitrogen and oxygen atoms in total. The molecule has 2 aromatic carbocycles. The number of fused-ring (bicyclic) bond motifs is 1. The van der Waals surface area contributed by atoms with Gasteiger partial charge in [0.1, 0.15) is 18.3 Å². The SMILES string of the molecule is O=C[C@@H]1O[C@H](c2ccccc2)O[C@@H]2CO[C@H](c3ccccc3)O[C@@H]12. The summed E-state index contributed by atoms with van der Waals surface area (Å²) in [4.78, 5) is 11.5. The van der Waals surface area contributed by atoms with E-state index in [-0.39, 0.29) is 6.10 Å². The monoisotopic (exact) mass is 326 g/mol. The number of ether oxygens (including phenoxy) is 4. The van der Waals surface area contributed by atoms with Gasteiger partial charge in [-0.25, -0.2) is 0 Å². The zero-order valence-corrected chi connectivity index (χ0v) is 13.0. The zero-order valence-electron chi connectivity index (χ0n) is 13.0. The second-order valence-corrected chi connectivity index (χ2v) is 5.83. The highest BCUT2D eigenvalue weighted by molar-refractivity contribution is 5.57. The highest BCUT2D eigenvalue weighted by atomic mass is 16.8. The van der Waals surface area contributed by atoms with Gasteiger partial charge in [-0.3, -0.25) is 0 Å². The molecule has 0 bridgehead atoms. The highest BCUT2D eigenvalue weighted by Crippen LogP contribution is 2.37. The van der Waals surface area contributed by atoms with E-state index in [2.05, 4.69) is 0 Å².